The van der Waals surface area contributed by atoms with Crippen LogP contribution in [-0.2, 0) is 14.3 Å². The number of carbonyl (C=O) groups excluding carboxylic acids is 1. The van der Waals surface area contributed by atoms with Crippen molar-refractivity contribution in [3.63, 3.8) is 0 Å². The highest BCUT2D eigenvalue weighted by Crippen LogP contribution is 2.22. The lowest BCUT2D eigenvalue weighted by Gasteiger charge is -2.40. The van der Waals surface area contributed by atoms with Crippen LogP contribution >= 0.6 is 0 Å². The fourth-order valence-electron chi connectivity index (χ4n) is 4.23. The van der Waals surface area contributed by atoms with Crippen LogP contribution in [0.4, 0.5) is 0 Å². The van der Waals surface area contributed by atoms with Crippen LogP contribution in [0, 0.1) is 0 Å². The molecule has 0 aromatic heterocycles. The van der Waals surface area contributed by atoms with Crippen LogP contribution in [0.5, 0.6) is 0 Å². The highest BCUT2D eigenvalue weighted by atomic mass is 16.7. The van der Waals surface area contributed by atoms with Crippen molar-refractivity contribution in [3.05, 3.63) is 12.2 Å². The van der Waals surface area contributed by atoms with E-state index in [4.69, 9.17) is 9.47 Å². The first-order valence-electron chi connectivity index (χ1n) is 13.9. The summed E-state index contributed by atoms with van der Waals surface area (Å²) in [6.45, 7) is 3.17. The van der Waals surface area contributed by atoms with Gasteiger partial charge in [-0.15, -0.1) is 0 Å². The van der Waals surface area contributed by atoms with Crippen LogP contribution in [-0.4, -0.2) is 87.5 Å². The Bertz CT molecular complexity index is 588. The number of unbranched alkanes of at least 4 members (excludes halogenated alkanes) is 11. The molecule has 212 valence electrons. The quantitative estimate of drug-likeness (QED) is 0.106. The summed E-state index contributed by atoms with van der Waals surface area (Å²) in [6.07, 6.45) is 10.6. The molecule has 9 nitrogen and oxygen atoms in total. The predicted octanol–water partition coefficient (Wildman–Crippen LogP) is 2.32. The highest BCUT2D eigenvalue weighted by Gasteiger charge is 2.44. The van der Waals surface area contributed by atoms with Crippen LogP contribution in [0.2, 0.25) is 0 Å². The van der Waals surface area contributed by atoms with E-state index in [0.717, 1.165) is 19.3 Å². The summed E-state index contributed by atoms with van der Waals surface area (Å²) in [5.74, 6) is -0.268. The van der Waals surface area contributed by atoms with Crippen LogP contribution < -0.4 is 5.32 Å². The van der Waals surface area contributed by atoms with Crippen molar-refractivity contribution >= 4 is 5.91 Å². The Morgan fingerprint density at radius 2 is 1.50 bits per heavy atom. The third-order valence-electron chi connectivity index (χ3n) is 6.68. The number of aliphatic hydroxyl groups is 5. The summed E-state index contributed by atoms with van der Waals surface area (Å²) in [5.41, 5.74) is 0. The lowest BCUT2D eigenvalue weighted by atomic mass is 9.99. The second-order valence-corrected chi connectivity index (χ2v) is 9.80. The molecule has 0 bridgehead atoms. The van der Waals surface area contributed by atoms with E-state index < -0.39 is 49.5 Å². The highest BCUT2D eigenvalue weighted by molar-refractivity contribution is 5.75. The number of carbonyl (C=O) groups is 1. The Morgan fingerprint density at radius 1 is 0.917 bits per heavy atom. The number of hydrogen-bond donors (Lipinski definition) is 6. The van der Waals surface area contributed by atoms with Gasteiger partial charge >= 0.3 is 0 Å². The molecule has 1 aliphatic rings. The molecule has 0 radical (unpaired) electrons. The van der Waals surface area contributed by atoms with E-state index in [2.05, 4.69) is 12.2 Å². The molecule has 1 saturated heterocycles. The van der Waals surface area contributed by atoms with Gasteiger partial charge in [0.2, 0.25) is 5.91 Å². The van der Waals surface area contributed by atoms with Crippen molar-refractivity contribution in [1.82, 2.24) is 5.32 Å². The number of ether oxygens (including phenoxy) is 2. The van der Waals surface area contributed by atoms with Gasteiger partial charge in [-0.1, -0.05) is 90.2 Å². The Hall–Kier alpha value is -1.07. The van der Waals surface area contributed by atoms with Crippen LogP contribution in [0.15, 0.2) is 12.2 Å². The maximum absolute atomic E-state index is 11.9. The van der Waals surface area contributed by atoms with Gasteiger partial charge in [0, 0.05) is 6.42 Å². The average Bonchev–Trinajstić information content (AvgIpc) is 2.88. The van der Waals surface area contributed by atoms with E-state index in [0.29, 0.717) is 0 Å². The second kappa shape index (κ2) is 20.0. The molecule has 0 unspecified atom stereocenters. The van der Waals surface area contributed by atoms with Crippen LogP contribution in [0.1, 0.15) is 97.3 Å². The molecule has 6 N–H and O–H groups in total. The van der Waals surface area contributed by atoms with Crippen molar-refractivity contribution in [2.75, 3.05) is 13.2 Å². The summed E-state index contributed by atoms with van der Waals surface area (Å²) in [7, 11) is 0. The van der Waals surface area contributed by atoms with E-state index in [-0.39, 0.29) is 18.9 Å². The standard InChI is InChI=1S/C27H51NO8/c1-3-5-6-7-8-9-10-11-12-13-14-15-16-17-21(30)20(28-23(31)4-2)19-35-27-26(34)25(33)24(32)22(18-29)36-27/h16-17,20-22,24-27,29-30,32-34H,3-15,18-19H2,1-2H3,(H,28,31)/t20-,21+,22+,24-,25-,26+,27+/m0/s1. The lowest BCUT2D eigenvalue weighted by Crippen LogP contribution is -2.60. The lowest BCUT2D eigenvalue weighted by molar-refractivity contribution is -0.302. The Labute approximate surface area is 216 Å². The second-order valence-electron chi connectivity index (χ2n) is 9.80. The largest absolute Gasteiger partial charge is 0.394 e. The fourth-order valence-corrected chi connectivity index (χ4v) is 4.23. The molecular weight excluding hydrogens is 466 g/mol. The van der Waals surface area contributed by atoms with E-state index in [1.54, 1.807) is 13.0 Å². The van der Waals surface area contributed by atoms with E-state index in [9.17, 15) is 30.3 Å². The van der Waals surface area contributed by atoms with Gasteiger partial charge in [0.25, 0.3) is 0 Å². The van der Waals surface area contributed by atoms with Gasteiger partial charge in [0.1, 0.15) is 24.4 Å². The van der Waals surface area contributed by atoms with Crippen molar-refractivity contribution in [1.29, 1.82) is 0 Å². The van der Waals surface area contributed by atoms with Crippen LogP contribution in [0.3, 0.4) is 0 Å². The molecule has 0 aromatic rings. The van der Waals surface area contributed by atoms with Gasteiger partial charge in [0.05, 0.1) is 25.4 Å². The molecule has 1 heterocycles. The number of hydrogen-bond acceptors (Lipinski definition) is 8. The SMILES string of the molecule is CCCCCCCCCCCCCC=C[C@@H](O)[C@H](CO[C@@H]1O[C@H](CO)[C@H](O)[C@H](O)[C@H]1O)NC(=O)CC. The van der Waals surface area contributed by atoms with Gasteiger partial charge < -0.3 is 40.3 Å². The molecule has 0 saturated carbocycles. The smallest absolute Gasteiger partial charge is 0.220 e. The van der Waals surface area contributed by atoms with Crippen molar-refractivity contribution in [3.8, 4) is 0 Å². The molecule has 9 heteroatoms. The zero-order valence-corrected chi connectivity index (χ0v) is 22.3. The monoisotopic (exact) mass is 517 g/mol. The molecular formula is C27H51NO8. The molecule has 0 aromatic carbocycles. The van der Waals surface area contributed by atoms with Gasteiger partial charge in [-0.3, -0.25) is 4.79 Å². The minimum absolute atomic E-state index is 0.196. The molecule has 1 fully saturated rings. The first-order chi connectivity index (χ1) is 17.3. The van der Waals surface area contributed by atoms with E-state index >= 15 is 0 Å². The van der Waals surface area contributed by atoms with Gasteiger partial charge in [-0.2, -0.15) is 0 Å². The number of nitrogens with one attached hydrogen (secondary N) is 1. The summed E-state index contributed by atoms with van der Waals surface area (Å²) in [6, 6.07) is -0.793. The topological polar surface area (TPSA) is 149 Å². The molecule has 36 heavy (non-hydrogen) atoms. The third kappa shape index (κ3) is 12.9. The minimum atomic E-state index is -1.56. The maximum Gasteiger partial charge on any atom is 0.220 e. The minimum Gasteiger partial charge on any atom is -0.394 e. The molecule has 0 aliphatic carbocycles. The van der Waals surface area contributed by atoms with E-state index in [1.807, 2.05) is 6.08 Å². The zero-order valence-electron chi connectivity index (χ0n) is 22.3. The first-order valence-corrected chi connectivity index (χ1v) is 13.9. The summed E-state index contributed by atoms with van der Waals surface area (Å²) < 4.78 is 10.9. The number of allylic oxidation sites excluding steroid dienone is 1. The van der Waals surface area contributed by atoms with Gasteiger partial charge in [-0.05, 0) is 12.8 Å². The summed E-state index contributed by atoms with van der Waals surface area (Å²) in [4.78, 5) is 11.9. The Kier molecular flexibility index (Phi) is 18.3. The Morgan fingerprint density at radius 3 is 2.06 bits per heavy atom. The van der Waals surface area contributed by atoms with Gasteiger partial charge in [0.15, 0.2) is 6.29 Å². The normalized spacial score (nSPS) is 26.2. The molecule has 0 spiro atoms. The number of rotatable bonds is 20. The summed E-state index contributed by atoms with van der Waals surface area (Å²) in [5, 5.41) is 52.5. The van der Waals surface area contributed by atoms with Gasteiger partial charge in [-0.25, -0.2) is 0 Å². The number of aliphatic hydroxyl groups excluding tert-OH is 5. The Balaban J connectivity index is 2.37. The predicted molar refractivity (Wildman–Crippen MR) is 138 cm³/mol. The fraction of sp³-hybridized carbons (Fsp3) is 0.889. The van der Waals surface area contributed by atoms with Crippen LogP contribution in [0.25, 0.3) is 0 Å². The molecule has 1 amide bonds. The third-order valence-corrected chi connectivity index (χ3v) is 6.68. The van der Waals surface area contributed by atoms with Crippen molar-refractivity contribution in [2.24, 2.45) is 0 Å². The average molecular weight is 518 g/mol. The molecule has 1 rings (SSSR count). The van der Waals surface area contributed by atoms with Crippen molar-refractivity contribution < 1.29 is 39.8 Å². The first kappa shape index (κ1) is 33.0. The molecule has 1 aliphatic heterocycles. The number of amides is 1. The van der Waals surface area contributed by atoms with Crippen molar-refractivity contribution in [2.45, 2.75) is 140 Å². The summed E-state index contributed by atoms with van der Waals surface area (Å²) >= 11 is 0. The zero-order chi connectivity index (χ0) is 26.8. The van der Waals surface area contributed by atoms with E-state index in [1.165, 1.54) is 57.8 Å². The maximum atomic E-state index is 11.9. The molecule has 7 atom stereocenters.